The summed E-state index contributed by atoms with van der Waals surface area (Å²) in [6.45, 7) is 2.88. The van der Waals surface area contributed by atoms with E-state index in [1.807, 2.05) is 35.1 Å². The molecule has 0 spiro atoms. The zero-order valence-corrected chi connectivity index (χ0v) is 11.4. The second kappa shape index (κ2) is 5.65. The molecule has 4 heteroatoms. The number of anilines is 1. The van der Waals surface area contributed by atoms with Crippen molar-refractivity contribution in [3.05, 3.63) is 72.4 Å². The summed E-state index contributed by atoms with van der Waals surface area (Å²) >= 11 is 0. The van der Waals surface area contributed by atoms with Crippen LogP contribution in [0.4, 0.5) is 5.69 Å². The number of nitrogens with zero attached hydrogens (tertiary/aromatic N) is 2. The van der Waals surface area contributed by atoms with Crippen LogP contribution in [0.5, 0.6) is 0 Å². The Hall–Kier alpha value is -2.49. The van der Waals surface area contributed by atoms with Gasteiger partial charge in [0.1, 0.15) is 0 Å². The van der Waals surface area contributed by atoms with Gasteiger partial charge in [0.15, 0.2) is 0 Å². The molecule has 0 saturated carbocycles. The number of aromatic nitrogens is 2. The van der Waals surface area contributed by atoms with Crippen LogP contribution in [0.3, 0.4) is 0 Å². The molecule has 0 saturated heterocycles. The second-order valence-corrected chi connectivity index (χ2v) is 4.78. The molecule has 3 aromatic rings. The first-order valence-corrected chi connectivity index (χ1v) is 6.67. The highest BCUT2D eigenvalue weighted by molar-refractivity contribution is 5.52. The van der Waals surface area contributed by atoms with Crippen molar-refractivity contribution in [1.82, 2.24) is 9.78 Å². The van der Waals surface area contributed by atoms with Gasteiger partial charge in [-0.3, -0.25) is 4.68 Å². The van der Waals surface area contributed by atoms with E-state index in [9.17, 15) is 0 Å². The Morgan fingerprint density at radius 3 is 2.90 bits per heavy atom. The van der Waals surface area contributed by atoms with Gasteiger partial charge in [0.25, 0.3) is 0 Å². The molecule has 0 aliphatic rings. The van der Waals surface area contributed by atoms with Crippen molar-refractivity contribution < 1.29 is 4.42 Å². The van der Waals surface area contributed by atoms with E-state index in [0.717, 1.165) is 17.8 Å². The van der Waals surface area contributed by atoms with Crippen LogP contribution in [0, 0.1) is 0 Å². The van der Waals surface area contributed by atoms with Gasteiger partial charge < -0.3 is 9.73 Å². The summed E-state index contributed by atoms with van der Waals surface area (Å²) in [4.78, 5) is 0. The molecule has 0 aliphatic carbocycles. The maximum atomic E-state index is 5.13. The molecule has 0 radical (unpaired) electrons. The lowest BCUT2D eigenvalue weighted by molar-refractivity contribution is 0.562. The van der Waals surface area contributed by atoms with E-state index in [-0.39, 0.29) is 6.04 Å². The van der Waals surface area contributed by atoms with Gasteiger partial charge in [-0.1, -0.05) is 18.2 Å². The first-order chi connectivity index (χ1) is 9.83. The normalized spacial score (nSPS) is 12.2. The van der Waals surface area contributed by atoms with Crippen molar-refractivity contribution in [2.45, 2.75) is 19.5 Å². The third-order valence-corrected chi connectivity index (χ3v) is 3.32. The summed E-state index contributed by atoms with van der Waals surface area (Å²) in [6.07, 6.45) is 7.23. The van der Waals surface area contributed by atoms with E-state index >= 15 is 0 Å². The van der Waals surface area contributed by atoms with Gasteiger partial charge in [-0.15, -0.1) is 0 Å². The highest BCUT2D eigenvalue weighted by atomic mass is 16.3. The minimum atomic E-state index is 0.201. The Morgan fingerprint density at radius 2 is 2.15 bits per heavy atom. The van der Waals surface area contributed by atoms with Gasteiger partial charge in [-0.2, -0.15) is 5.10 Å². The Balaban J connectivity index is 1.79. The molecule has 3 rings (SSSR count). The molecule has 102 valence electrons. The summed E-state index contributed by atoms with van der Waals surface area (Å²) in [5.74, 6) is 0. The van der Waals surface area contributed by atoms with Crippen LogP contribution in [-0.4, -0.2) is 9.78 Å². The van der Waals surface area contributed by atoms with Crippen LogP contribution in [0.2, 0.25) is 0 Å². The number of benzene rings is 1. The molecule has 20 heavy (non-hydrogen) atoms. The van der Waals surface area contributed by atoms with Crippen LogP contribution >= 0.6 is 0 Å². The molecular formula is C16H17N3O. The van der Waals surface area contributed by atoms with Crippen LogP contribution in [0.1, 0.15) is 24.1 Å². The summed E-state index contributed by atoms with van der Waals surface area (Å²) in [5, 5.41) is 7.78. The monoisotopic (exact) mass is 267 g/mol. The van der Waals surface area contributed by atoms with E-state index < -0.39 is 0 Å². The van der Waals surface area contributed by atoms with E-state index in [0.29, 0.717) is 0 Å². The summed E-state index contributed by atoms with van der Waals surface area (Å²) in [7, 11) is 0. The van der Waals surface area contributed by atoms with Gasteiger partial charge in [0, 0.05) is 23.6 Å². The average molecular weight is 267 g/mol. The standard InChI is InChI=1S/C16H17N3O/c1-13(15-7-10-20-12-15)18-16-6-3-2-5-14(16)11-19-9-4-8-17-19/h2-10,12-13,18H,11H2,1H3. The molecule has 0 aliphatic heterocycles. The number of furan rings is 1. The Labute approximate surface area is 118 Å². The van der Waals surface area contributed by atoms with Crippen molar-refractivity contribution in [3.63, 3.8) is 0 Å². The predicted molar refractivity (Wildman–Crippen MR) is 78.5 cm³/mol. The van der Waals surface area contributed by atoms with E-state index in [1.54, 1.807) is 18.7 Å². The van der Waals surface area contributed by atoms with Crippen molar-refractivity contribution in [3.8, 4) is 0 Å². The lowest BCUT2D eigenvalue weighted by Gasteiger charge is -2.17. The highest BCUT2D eigenvalue weighted by Gasteiger charge is 2.09. The van der Waals surface area contributed by atoms with Crippen LogP contribution in [0.25, 0.3) is 0 Å². The maximum absolute atomic E-state index is 5.13. The van der Waals surface area contributed by atoms with Crippen LogP contribution in [0.15, 0.2) is 65.7 Å². The summed E-state index contributed by atoms with van der Waals surface area (Å²) < 4.78 is 7.05. The highest BCUT2D eigenvalue weighted by Crippen LogP contribution is 2.23. The first kappa shape index (κ1) is 12.5. The third kappa shape index (κ3) is 2.74. The fraction of sp³-hybridized carbons (Fsp3) is 0.188. The SMILES string of the molecule is CC(Nc1ccccc1Cn1cccn1)c1ccoc1. The number of rotatable bonds is 5. The van der Waals surface area contributed by atoms with Crippen molar-refractivity contribution >= 4 is 5.69 Å². The fourth-order valence-corrected chi connectivity index (χ4v) is 2.21. The van der Waals surface area contributed by atoms with E-state index in [1.165, 1.54) is 5.56 Å². The zero-order valence-electron chi connectivity index (χ0n) is 11.4. The van der Waals surface area contributed by atoms with Gasteiger partial charge >= 0.3 is 0 Å². The molecule has 1 unspecified atom stereocenters. The van der Waals surface area contributed by atoms with Crippen LogP contribution < -0.4 is 5.32 Å². The molecule has 0 bridgehead atoms. The molecule has 1 atom stereocenters. The van der Waals surface area contributed by atoms with Crippen molar-refractivity contribution in [2.24, 2.45) is 0 Å². The zero-order chi connectivity index (χ0) is 13.8. The summed E-state index contributed by atoms with van der Waals surface area (Å²) in [6, 6.07) is 12.4. The lowest BCUT2D eigenvalue weighted by atomic mass is 10.1. The number of nitrogens with one attached hydrogen (secondary N) is 1. The molecule has 2 aromatic heterocycles. The Kier molecular flexibility index (Phi) is 3.54. The molecule has 1 N–H and O–H groups in total. The Bertz CT molecular complexity index is 644. The summed E-state index contributed by atoms with van der Waals surface area (Å²) in [5.41, 5.74) is 3.47. The van der Waals surface area contributed by atoms with E-state index in [4.69, 9.17) is 4.42 Å². The molecular weight excluding hydrogens is 250 g/mol. The molecule has 2 heterocycles. The van der Waals surface area contributed by atoms with Gasteiger partial charge in [0.2, 0.25) is 0 Å². The molecule has 4 nitrogen and oxygen atoms in total. The van der Waals surface area contributed by atoms with E-state index in [2.05, 4.69) is 29.5 Å². The van der Waals surface area contributed by atoms with Gasteiger partial charge in [0.05, 0.1) is 25.1 Å². The minimum absolute atomic E-state index is 0.201. The molecule has 1 aromatic carbocycles. The first-order valence-electron chi connectivity index (χ1n) is 6.67. The van der Waals surface area contributed by atoms with Gasteiger partial charge in [-0.05, 0) is 30.7 Å². The lowest BCUT2D eigenvalue weighted by Crippen LogP contribution is -2.09. The average Bonchev–Trinajstić information content (AvgIpc) is 3.13. The smallest absolute Gasteiger partial charge is 0.0955 e. The third-order valence-electron chi connectivity index (χ3n) is 3.32. The van der Waals surface area contributed by atoms with Crippen molar-refractivity contribution in [1.29, 1.82) is 0 Å². The minimum Gasteiger partial charge on any atom is -0.472 e. The number of para-hydroxylation sites is 1. The Morgan fingerprint density at radius 1 is 1.25 bits per heavy atom. The van der Waals surface area contributed by atoms with Gasteiger partial charge in [-0.25, -0.2) is 0 Å². The largest absolute Gasteiger partial charge is 0.472 e. The second-order valence-electron chi connectivity index (χ2n) is 4.78. The molecule has 0 fully saturated rings. The fourth-order valence-electron chi connectivity index (χ4n) is 2.21. The van der Waals surface area contributed by atoms with Crippen molar-refractivity contribution in [2.75, 3.05) is 5.32 Å². The quantitative estimate of drug-likeness (QED) is 0.766. The topological polar surface area (TPSA) is 43.0 Å². The van der Waals surface area contributed by atoms with Crippen LogP contribution in [-0.2, 0) is 6.54 Å². The number of hydrogen-bond acceptors (Lipinski definition) is 3. The maximum Gasteiger partial charge on any atom is 0.0955 e. The molecule has 0 amide bonds. The number of hydrogen-bond donors (Lipinski definition) is 1. The predicted octanol–water partition coefficient (Wildman–Crippen LogP) is 3.70.